The molecule has 13 heavy (non-hydrogen) atoms. The predicted molar refractivity (Wildman–Crippen MR) is 60.8 cm³/mol. The van der Waals surface area contributed by atoms with Crippen LogP contribution in [0.2, 0.25) is 5.02 Å². The van der Waals surface area contributed by atoms with Crippen LogP contribution in [-0.2, 0) is 5.88 Å². The molecular weight excluding hydrogens is 225 g/mol. The van der Waals surface area contributed by atoms with Crippen LogP contribution in [0, 0.1) is 0 Å². The molecule has 0 amide bonds. The van der Waals surface area contributed by atoms with E-state index in [1.165, 1.54) is 0 Å². The lowest BCUT2D eigenvalue weighted by Gasteiger charge is -2.02. The van der Waals surface area contributed by atoms with Crippen LogP contribution in [0.25, 0.3) is 10.1 Å². The van der Waals surface area contributed by atoms with Crippen LogP contribution in [0.5, 0.6) is 0 Å². The lowest BCUT2D eigenvalue weighted by Crippen LogP contribution is -1.90. The van der Waals surface area contributed by atoms with Crippen molar-refractivity contribution in [3.63, 3.8) is 0 Å². The molecule has 0 saturated carbocycles. The number of thiophene rings is 1. The summed E-state index contributed by atoms with van der Waals surface area (Å²) in [6.45, 7) is 0. The van der Waals surface area contributed by atoms with Gasteiger partial charge in [-0.25, -0.2) is 0 Å². The molecule has 1 heterocycles. The van der Waals surface area contributed by atoms with Gasteiger partial charge < -0.3 is 5.73 Å². The van der Waals surface area contributed by atoms with E-state index < -0.39 is 0 Å². The Hall–Kier alpha value is -0.440. The Morgan fingerprint density at radius 3 is 2.85 bits per heavy atom. The zero-order valence-electron chi connectivity index (χ0n) is 6.68. The third kappa shape index (κ3) is 1.39. The fourth-order valence-electron chi connectivity index (χ4n) is 1.28. The van der Waals surface area contributed by atoms with E-state index in [0.29, 0.717) is 5.88 Å². The van der Waals surface area contributed by atoms with Gasteiger partial charge in [-0.1, -0.05) is 11.6 Å². The Morgan fingerprint density at radius 1 is 1.38 bits per heavy atom. The van der Waals surface area contributed by atoms with Gasteiger partial charge in [0.2, 0.25) is 0 Å². The van der Waals surface area contributed by atoms with Crippen LogP contribution in [-0.4, -0.2) is 0 Å². The maximum Gasteiger partial charge on any atom is 0.0591 e. The highest BCUT2D eigenvalue weighted by molar-refractivity contribution is 7.18. The molecule has 2 N–H and O–H groups in total. The van der Waals surface area contributed by atoms with E-state index in [4.69, 9.17) is 28.9 Å². The SMILES string of the molecule is Nc1ccc2c(Cl)csc2c1CCl. The number of nitrogens with two attached hydrogens (primary N) is 1. The van der Waals surface area contributed by atoms with Crippen molar-refractivity contribution >= 4 is 50.3 Å². The molecule has 0 spiro atoms. The molecule has 0 saturated heterocycles. The number of halogens is 2. The summed E-state index contributed by atoms with van der Waals surface area (Å²) in [7, 11) is 0. The van der Waals surface area contributed by atoms with Crippen molar-refractivity contribution in [3.05, 3.63) is 28.1 Å². The number of nitrogen functional groups attached to an aromatic ring is 1. The summed E-state index contributed by atoms with van der Waals surface area (Å²) in [6, 6.07) is 3.78. The number of hydrogen-bond donors (Lipinski definition) is 1. The Bertz CT molecular complexity index is 450. The van der Waals surface area contributed by atoms with Crippen molar-refractivity contribution in [3.8, 4) is 0 Å². The van der Waals surface area contributed by atoms with Crippen LogP contribution in [0.3, 0.4) is 0 Å². The van der Waals surface area contributed by atoms with Crippen molar-refractivity contribution < 1.29 is 0 Å². The molecular formula is C9H7Cl2NS. The number of rotatable bonds is 1. The standard InChI is InChI=1S/C9H7Cl2NS/c10-3-6-8(12)2-1-5-7(11)4-13-9(5)6/h1-2,4H,3,12H2. The highest BCUT2D eigenvalue weighted by Crippen LogP contribution is 2.35. The molecule has 1 aromatic carbocycles. The van der Waals surface area contributed by atoms with Gasteiger partial charge in [-0.05, 0) is 12.1 Å². The Balaban J connectivity index is 2.85. The number of hydrogen-bond acceptors (Lipinski definition) is 2. The zero-order valence-corrected chi connectivity index (χ0v) is 9.01. The van der Waals surface area contributed by atoms with Crippen molar-refractivity contribution in [2.24, 2.45) is 0 Å². The first-order chi connectivity index (χ1) is 6.24. The summed E-state index contributed by atoms with van der Waals surface area (Å²) in [5.41, 5.74) is 7.51. The molecule has 2 rings (SSSR count). The summed E-state index contributed by atoms with van der Waals surface area (Å²) in [5.74, 6) is 0.431. The van der Waals surface area contributed by atoms with Crippen LogP contribution >= 0.6 is 34.5 Å². The zero-order chi connectivity index (χ0) is 9.42. The third-order valence-electron chi connectivity index (χ3n) is 1.97. The van der Waals surface area contributed by atoms with Gasteiger partial charge in [0, 0.05) is 26.7 Å². The molecule has 2 aromatic rings. The minimum absolute atomic E-state index is 0.431. The molecule has 0 fully saturated rings. The molecule has 0 aliphatic carbocycles. The van der Waals surface area contributed by atoms with Gasteiger partial charge in [-0.2, -0.15) is 0 Å². The fourth-order valence-corrected chi connectivity index (χ4v) is 2.98. The van der Waals surface area contributed by atoms with Crippen molar-refractivity contribution in [2.75, 3.05) is 5.73 Å². The maximum absolute atomic E-state index is 5.98. The third-order valence-corrected chi connectivity index (χ3v) is 3.73. The maximum atomic E-state index is 5.98. The van der Waals surface area contributed by atoms with E-state index in [9.17, 15) is 0 Å². The highest BCUT2D eigenvalue weighted by Gasteiger charge is 2.08. The highest BCUT2D eigenvalue weighted by atomic mass is 35.5. The second kappa shape index (κ2) is 3.37. The van der Waals surface area contributed by atoms with Gasteiger partial charge in [-0.15, -0.1) is 22.9 Å². The van der Waals surface area contributed by atoms with Gasteiger partial charge in [0.1, 0.15) is 0 Å². The molecule has 68 valence electrons. The average molecular weight is 232 g/mol. The number of anilines is 1. The summed E-state index contributed by atoms with van der Waals surface area (Å²) in [4.78, 5) is 0. The Morgan fingerprint density at radius 2 is 2.15 bits per heavy atom. The largest absolute Gasteiger partial charge is 0.398 e. The van der Waals surface area contributed by atoms with E-state index in [1.807, 2.05) is 17.5 Å². The van der Waals surface area contributed by atoms with Crippen LogP contribution in [0.1, 0.15) is 5.56 Å². The molecule has 1 nitrogen and oxygen atoms in total. The summed E-state index contributed by atoms with van der Waals surface area (Å²) < 4.78 is 1.10. The Kier molecular flexibility index (Phi) is 2.37. The van der Waals surface area contributed by atoms with Crippen LogP contribution in [0.15, 0.2) is 17.5 Å². The topological polar surface area (TPSA) is 26.0 Å². The fraction of sp³-hybridized carbons (Fsp3) is 0.111. The first-order valence-corrected chi connectivity index (χ1v) is 5.53. The van der Waals surface area contributed by atoms with Crippen LogP contribution < -0.4 is 5.73 Å². The van der Waals surface area contributed by atoms with Gasteiger partial charge in [0.15, 0.2) is 0 Å². The van der Waals surface area contributed by atoms with Gasteiger partial charge >= 0.3 is 0 Å². The molecule has 4 heteroatoms. The van der Waals surface area contributed by atoms with E-state index in [1.54, 1.807) is 11.3 Å². The first-order valence-electron chi connectivity index (χ1n) is 3.74. The molecule has 0 atom stereocenters. The van der Waals surface area contributed by atoms with E-state index in [-0.39, 0.29) is 0 Å². The monoisotopic (exact) mass is 231 g/mol. The van der Waals surface area contributed by atoms with Crippen molar-refractivity contribution in [1.82, 2.24) is 0 Å². The molecule has 0 aliphatic rings. The summed E-state index contributed by atoms with van der Waals surface area (Å²) >= 11 is 13.4. The molecule has 0 radical (unpaired) electrons. The minimum Gasteiger partial charge on any atom is -0.398 e. The summed E-state index contributed by atoms with van der Waals surface area (Å²) in [5, 5.41) is 3.71. The van der Waals surface area contributed by atoms with Gasteiger partial charge in [0.25, 0.3) is 0 Å². The normalized spacial score (nSPS) is 10.9. The second-order valence-corrected chi connectivity index (χ2v) is 4.28. The van der Waals surface area contributed by atoms with E-state index >= 15 is 0 Å². The first kappa shape index (κ1) is 9.13. The van der Waals surface area contributed by atoms with Gasteiger partial charge in [-0.3, -0.25) is 0 Å². The quantitative estimate of drug-likeness (QED) is 0.586. The summed E-state index contributed by atoms with van der Waals surface area (Å²) in [6.07, 6.45) is 0. The van der Waals surface area contributed by atoms with E-state index in [2.05, 4.69) is 0 Å². The minimum atomic E-state index is 0.431. The molecule has 1 aromatic heterocycles. The lowest BCUT2D eigenvalue weighted by molar-refractivity contribution is 1.47. The van der Waals surface area contributed by atoms with Crippen molar-refractivity contribution in [1.29, 1.82) is 0 Å². The second-order valence-electron chi connectivity index (χ2n) is 2.73. The van der Waals surface area contributed by atoms with Crippen LogP contribution in [0.4, 0.5) is 5.69 Å². The van der Waals surface area contributed by atoms with Gasteiger partial charge in [0.05, 0.1) is 10.9 Å². The molecule has 0 unspecified atom stereocenters. The average Bonchev–Trinajstić information content (AvgIpc) is 2.48. The molecule has 0 aliphatic heterocycles. The number of fused-ring (bicyclic) bond motifs is 1. The van der Waals surface area contributed by atoms with E-state index in [0.717, 1.165) is 26.4 Å². The molecule has 0 bridgehead atoms. The Labute approximate surface area is 90.1 Å². The number of alkyl halides is 1. The smallest absolute Gasteiger partial charge is 0.0591 e. The van der Waals surface area contributed by atoms with Crippen molar-refractivity contribution in [2.45, 2.75) is 5.88 Å². The predicted octanol–water partition coefficient (Wildman–Crippen LogP) is 3.88. The number of benzene rings is 1. The lowest BCUT2D eigenvalue weighted by atomic mass is 10.1.